The number of anilines is 1. The van der Waals surface area contributed by atoms with E-state index in [2.05, 4.69) is 15.8 Å². The van der Waals surface area contributed by atoms with E-state index in [1.807, 2.05) is 42.5 Å². The topological polar surface area (TPSA) is 124 Å². The first kappa shape index (κ1) is 17.6. The number of hydrogen-bond acceptors (Lipinski definition) is 7. The molecule has 3 rings (SSSR count). The van der Waals surface area contributed by atoms with Crippen LogP contribution in [-0.2, 0) is 14.9 Å². The minimum Gasteiger partial charge on any atom is -0.742 e. The standard InChI is InChI=1S/C17H15N3O5S/c21-16(20-19-10-15-7-8-17(25-15)26(22,23)24)11-18-14-6-5-12-3-1-2-4-13(12)9-14/h1-10,18H,11H2,(H,20,21)(H,22,23,24)/p-1/b19-10-. The van der Waals surface area contributed by atoms with E-state index in [9.17, 15) is 17.8 Å². The SMILES string of the molecule is O=C(CNc1ccc2ccccc2c1)N/N=C\c1ccc(S(=O)(=O)[O-])o1. The lowest BCUT2D eigenvalue weighted by Crippen LogP contribution is -2.25. The average Bonchev–Trinajstić information content (AvgIpc) is 3.09. The van der Waals surface area contributed by atoms with Crippen molar-refractivity contribution >= 4 is 38.7 Å². The number of nitrogens with zero attached hydrogens (tertiary/aromatic N) is 1. The van der Waals surface area contributed by atoms with E-state index < -0.39 is 21.1 Å². The van der Waals surface area contributed by atoms with E-state index in [1.165, 1.54) is 6.07 Å². The number of hydrazone groups is 1. The summed E-state index contributed by atoms with van der Waals surface area (Å²) in [5, 5.41) is 8.07. The fourth-order valence-corrected chi connectivity index (χ4v) is 2.66. The third-order valence-corrected chi connectivity index (χ3v) is 4.14. The number of nitrogens with one attached hydrogen (secondary N) is 2. The first-order valence-corrected chi connectivity index (χ1v) is 8.93. The average molecular weight is 372 g/mol. The van der Waals surface area contributed by atoms with Crippen molar-refractivity contribution in [2.75, 3.05) is 11.9 Å². The molecule has 1 aromatic heterocycles. The van der Waals surface area contributed by atoms with Gasteiger partial charge < -0.3 is 14.3 Å². The molecule has 1 heterocycles. The Morgan fingerprint density at radius 2 is 1.88 bits per heavy atom. The van der Waals surface area contributed by atoms with E-state index in [1.54, 1.807) is 0 Å². The molecule has 0 atom stereocenters. The molecule has 0 spiro atoms. The van der Waals surface area contributed by atoms with Crippen LogP contribution >= 0.6 is 0 Å². The number of benzene rings is 2. The van der Waals surface area contributed by atoms with E-state index in [-0.39, 0.29) is 12.3 Å². The normalized spacial score (nSPS) is 11.7. The van der Waals surface area contributed by atoms with Crippen LogP contribution in [0.3, 0.4) is 0 Å². The van der Waals surface area contributed by atoms with Gasteiger partial charge >= 0.3 is 0 Å². The Labute approximate surface area is 149 Å². The van der Waals surface area contributed by atoms with Crippen molar-refractivity contribution in [3.05, 3.63) is 60.4 Å². The minimum atomic E-state index is -4.65. The smallest absolute Gasteiger partial charge is 0.259 e. The zero-order valence-corrected chi connectivity index (χ0v) is 14.2. The lowest BCUT2D eigenvalue weighted by molar-refractivity contribution is -0.119. The number of fused-ring (bicyclic) bond motifs is 1. The molecule has 0 aliphatic rings. The molecule has 2 N–H and O–H groups in total. The predicted octanol–water partition coefficient (Wildman–Crippen LogP) is 1.90. The highest BCUT2D eigenvalue weighted by Gasteiger charge is 2.06. The van der Waals surface area contributed by atoms with Gasteiger partial charge in [0.1, 0.15) is 5.76 Å². The molecule has 0 unspecified atom stereocenters. The fraction of sp³-hybridized carbons (Fsp3) is 0.0588. The molecule has 9 heteroatoms. The molecule has 0 saturated heterocycles. The maximum absolute atomic E-state index is 11.8. The summed E-state index contributed by atoms with van der Waals surface area (Å²) in [4.78, 5) is 11.8. The summed E-state index contributed by atoms with van der Waals surface area (Å²) < 4.78 is 37.1. The van der Waals surface area contributed by atoms with Crippen molar-refractivity contribution in [2.45, 2.75) is 5.09 Å². The zero-order valence-electron chi connectivity index (χ0n) is 13.4. The van der Waals surface area contributed by atoms with Gasteiger partial charge in [0.25, 0.3) is 5.91 Å². The second-order valence-corrected chi connectivity index (χ2v) is 6.63. The summed E-state index contributed by atoms with van der Waals surface area (Å²) >= 11 is 0. The number of amides is 1. The maximum Gasteiger partial charge on any atom is 0.259 e. The van der Waals surface area contributed by atoms with Crippen LogP contribution in [0.25, 0.3) is 10.8 Å². The van der Waals surface area contributed by atoms with Gasteiger partial charge in [-0.05, 0) is 35.0 Å². The predicted molar refractivity (Wildman–Crippen MR) is 94.8 cm³/mol. The van der Waals surface area contributed by atoms with Crippen LogP contribution in [0.15, 0.2) is 69.2 Å². The van der Waals surface area contributed by atoms with E-state index in [4.69, 9.17) is 4.42 Å². The number of carbonyl (C=O) groups is 1. The van der Waals surface area contributed by atoms with Crippen LogP contribution in [0.4, 0.5) is 5.69 Å². The molecule has 0 radical (unpaired) electrons. The first-order chi connectivity index (χ1) is 12.4. The van der Waals surface area contributed by atoms with Gasteiger partial charge in [-0.1, -0.05) is 30.3 Å². The van der Waals surface area contributed by atoms with E-state index >= 15 is 0 Å². The highest BCUT2D eigenvalue weighted by atomic mass is 32.2. The van der Waals surface area contributed by atoms with Crippen LogP contribution < -0.4 is 10.7 Å². The fourth-order valence-electron chi connectivity index (χ4n) is 2.23. The summed E-state index contributed by atoms with van der Waals surface area (Å²) in [5.74, 6) is -0.375. The summed E-state index contributed by atoms with van der Waals surface area (Å²) in [5.41, 5.74) is 3.06. The van der Waals surface area contributed by atoms with Crippen LogP contribution in [0.2, 0.25) is 0 Å². The molecular weight excluding hydrogens is 358 g/mol. The Kier molecular flexibility index (Phi) is 5.01. The van der Waals surface area contributed by atoms with Crippen LogP contribution in [0.1, 0.15) is 5.76 Å². The van der Waals surface area contributed by atoms with Crippen molar-refractivity contribution < 1.29 is 22.2 Å². The molecule has 0 saturated carbocycles. The lowest BCUT2D eigenvalue weighted by Gasteiger charge is -2.06. The minimum absolute atomic E-state index is 0.00593. The molecule has 8 nitrogen and oxygen atoms in total. The Balaban J connectivity index is 1.53. The van der Waals surface area contributed by atoms with Gasteiger partial charge in [-0.15, -0.1) is 0 Å². The molecule has 0 aliphatic heterocycles. The molecular formula is C17H14N3O5S-. The van der Waals surface area contributed by atoms with Crippen LogP contribution in [-0.4, -0.2) is 31.6 Å². The number of hydrogen-bond donors (Lipinski definition) is 2. The Hall–Kier alpha value is -3.17. The van der Waals surface area contributed by atoms with E-state index in [0.29, 0.717) is 0 Å². The van der Waals surface area contributed by atoms with Gasteiger partial charge in [0.2, 0.25) is 5.09 Å². The van der Waals surface area contributed by atoms with Gasteiger partial charge in [0.05, 0.1) is 12.8 Å². The lowest BCUT2D eigenvalue weighted by atomic mass is 10.1. The van der Waals surface area contributed by atoms with Crippen molar-refractivity contribution in [3.8, 4) is 0 Å². The molecule has 1 amide bonds. The quantitative estimate of drug-likeness (QED) is 0.387. The molecule has 0 aliphatic carbocycles. The number of furan rings is 1. The van der Waals surface area contributed by atoms with Gasteiger partial charge in [-0.3, -0.25) is 4.79 Å². The molecule has 26 heavy (non-hydrogen) atoms. The second kappa shape index (κ2) is 7.38. The number of carbonyl (C=O) groups excluding carboxylic acids is 1. The van der Waals surface area contributed by atoms with Crippen molar-refractivity contribution in [1.29, 1.82) is 0 Å². The monoisotopic (exact) mass is 372 g/mol. The molecule has 0 bridgehead atoms. The summed E-state index contributed by atoms with van der Waals surface area (Å²) in [6, 6.07) is 15.9. The Morgan fingerprint density at radius 1 is 1.12 bits per heavy atom. The molecule has 134 valence electrons. The highest BCUT2D eigenvalue weighted by Crippen LogP contribution is 2.18. The van der Waals surface area contributed by atoms with Crippen molar-refractivity contribution in [3.63, 3.8) is 0 Å². The highest BCUT2D eigenvalue weighted by molar-refractivity contribution is 7.85. The van der Waals surface area contributed by atoms with Gasteiger partial charge in [-0.2, -0.15) is 5.10 Å². The van der Waals surface area contributed by atoms with Crippen molar-refractivity contribution in [2.24, 2.45) is 5.10 Å². The van der Waals surface area contributed by atoms with Crippen LogP contribution in [0, 0.1) is 0 Å². The Morgan fingerprint density at radius 3 is 2.62 bits per heavy atom. The van der Waals surface area contributed by atoms with Gasteiger partial charge in [-0.25, -0.2) is 13.8 Å². The number of rotatable bonds is 6. The van der Waals surface area contributed by atoms with E-state index in [0.717, 1.165) is 28.7 Å². The molecule has 2 aromatic carbocycles. The van der Waals surface area contributed by atoms with Crippen LogP contribution in [0.5, 0.6) is 0 Å². The Bertz CT molecular complexity index is 1070. The summed E-state index contributed by atoms with van der Waals surface area (Å²) in [6.45, 7) is -0.00593. The van der Waals surface area contributed by atoms with Gasteiger partial charge in [0.15, 0.2) is 10.1 Å². The summed E-state index contributed by atoms with van der Waals surface area (Å²) in [6.07, 6.45) is 1.10. The third kappa shape index (κ3) is 4.47. The summed E-state index contributed by atoms with van der Waals surface area (Å²) in [7, 11) is -4.65. The van der Waals surface area contributed by atoms with Crippen molar-refractivity contribution in [1.82, 2.24) is 5.43 Å². The zero-order chi connectivity index (χ0) is 18.6. The molecule has 0 fully saturated rings. The first-order valence-electron chi connectivity index (χ1n) is 7.52. The largest absolute Gasteiger partial charge is 0.742 e. The molecule has 3 aromatic rings. The second-order valence-electron chi connectivity index (χ2n) is 5.32. The van der Waals surface area contributed by atoms with Gasteiger partial charge in [0, 0.05) is 5.69 Å². The maximum atomic E-state index is 11.8. The third-order valence-electron chi connectivity index (χ3n) is 3.43.